The van der Waals surface area contributed by atoms with Crippen molar-refractivity contribution in [2.24, 2.45) is 0 Å². The van der Waals surface area contributed by atoms with Crippen molar-refractivity contribution in [3.8, 4) is 5.75 Å². The lowest BCUT2D eigenvalue weighted by Gasteiger charge is -2.28. The Kier molecular flexibility index (Phi) is 8.01. The lowest BCUT2D eigenvalue weighted by Crippen LogP contribution is -2.48. The van der Waals surface area contributed by atoms with E-state index in [1.807, 2.05) is 42.5 Å². The minimum Gasteiger partial charge on any atom is -0.484 e. The Morgan fingerprint density at radius 1 is 1.03 bits per heavy atom. The lowest BCUT2D eigenvalue weighted by atomic mass is 10.1. The maximum absolute atomic E-state index is 13.0. The quantitative estimate of drug-likeness (QED) is 0.552. The predicted molar refractivity (Wildman–Crippen MR) is 119 cm³/mol. The number of amides is 2. The highest BCUT2D eigenvalue weighted by Gasteiger charge is 2.26. The van der Waals surface area contributed by atoms with Crippen molar-refractivity contribution in [1.82, 2.24) is 15.2 Å². The molecule has 0 spiro atoms. The molecule has 0 saturated carbocycles. The van der Waals surface area contributed by atoms with E-state index >= 15 is 0 Å². The molecule has 0 aliphatic heterocycles. The summed E-state index contributed by atoms with van der Waals surface area (Å²) < 4.78 is 5.61. The van der Waals surface area contributed by atoms with Gasteiger partial charge in [0.1, 0.15) is 11.8 Å². The number of benzene rings is 2. The van der Waals surface area contributed by atoms with Crippen LogP contribution in [0.3, 0.4) is 0 Å². The van der Waals surface area contributed by atoms with Crippen LogP contribution in [0, 0.1) is 0 Å². The molecule has 160 valence electrons. The van der Waals surface area contributed by atoms with Crippen molar-refractivity contribution in [2.45, 2.75) is 26.1 Å². The van der Waals surface area contributed by atoms with Crippen LogP contribution in [0.2, 0.25) is 5.02 Å². The zero-order valence-electron chi connectivity index (χ0n) is 17.2. The van der Waals surface area contributed by atoms with Gasteiger partial charge in [0.15, 0.2) is 6.61 Å². The van der Waals surface area contributed by atoms with Crippen molar-refractivity contribution >= 4 is 23.4 Å². The van der Waals surface area contributed by atoms with Gasteiger partial charge in [0.25, 0.3) is 5.91 Å². The average Bonchev–Trinajstić information content (AvgIpc) is 2.81. The standard InChI is InChI=1S/C24H24ClN3O3/c1-18(24(30)27-15-20-6-5-13-26-14-20)28(16-19-9-11-21(25)12-10-19)23(29)17-31-22-7-3-2-4-8-22/h2-14,18H,15-17H2,1H3,(H,27,30)/t18-/m1/s1. The second kappa shape index (κ2) is 11.1. The number of aromatic nitrogens is 1. The number of nitrogens with zero attached hydrogens (tertiary/aromatic N) is 2. The molecule has 1 heterocycles. The second-order valence-corrected chi connectivity index (χ2v) is 7.44. The van der Waals surface area contributed by atoms with Crippen molar-refractivity contribution in [1.29, 1.82) is 0 Å². The van der Waals surface area contributed by atoms with Crippen LogP contribution in [0.5, 0.6) is 5.75 Å². The Balaban J connectivity index is 1.69. The third-order valence-corrected chi connectivity index (χ3v) is 4.98. The molecule has 2 aromatic carbocycles. The summed E-state index contributed by atoms with van der Waals surface area (Å²) in [6, 6.07) is 19.3. The van der Waals surface area contributed by atoms with Crippen LogP contribution in [0.25, 0.3) is 0 Å². The van der Waals surface area contributed by atoms with E-state index in [2.05, 4.69) is 10.3 Å². The Morgan fingerprint density at radius 3 is 2.45 bits per heavy atom. The number of nitrogens with one attached hydrogen (secondary N) is 1. The number of para-hydroxylation sites is 1. The average molecular weight is 438 g/mol. The molecular formula is C24H24ClN3O3. The summed E-state index contributed by atoms with van der Waals surface area (Å²) in [4.78, 5) is 31.3. The van der Waals surface area contributed by atoms with Gasteiger partial charge < -0.3 is 15.0 Å². The van der Waals surface area contributed by atoms with E-state index in [9.17, 15) is 9.59 Å². The summed E-state index contributed by atoms with van der Waals surface area (Å²) in [6.45, 7) is 2.13. The molecule has 0 fully saturated rings. The topological polar surface area (TPSA) is 71.5 Å². The summed E-state index contributed by atoms with van der Waals surface area (Å²) in [6.07, 6.45) is 3.36. The first kappa shape index (κ1) is 22.3. The highest BCUT2D eigenvalue weighted by Crippen LogP contribution is 2.15. The zero-order valence-corrected chi connectivity index (χ0v) is 18.0. The van der Waals surface area contributed by atoms with Crippen molar-refractivity contribution in [3.63, 3.8) is 0 Å². The number of pyridine rings is 1. The largest absolute Gasteiger partial charge is 0.484 e. The number of carbonyl (C=O) groups excluding carboxylic acids is 2. The van der Waals surface area contributed by atoms with Gasteiger partial charge in [0, 0.05) is 30.5 Å². The molecule has 1 N–H and O–H groups in total. The van der Waals surface area contributed by atoms with E-state index in [1.54, 1.807) is 43.6 Å². The van der Waals surface area contributed by atoms with Gasteiger partial charge in [-0.1, -0.05) is 48.0 Å². The number of hydrogen-bond acceptors (Lipinski definition) is 4. The van der Waals surface area contributed by atoms with Gasteiger partial charge in [0.2, 0.25) is 5.91 Å². The van der Waals surface area contributed by atoms with Gasteiger partial charge in [-0.2, -0.15) is 0 Å². The first-order chi connectivity index (χ1) is 15.0. The van der Waals surface area contributed by atoms with E-state index in [0.717, 1.165) is 11.1 Å². The SMILES string of the molecule is C[C@H](C(=O)NCc1cccnc1)N(Cc1ccc(Cl)cc1)C(=O)COc1ccccc1. The van der Waals surface area contributed by atoms with Gasteiger partial charge in [-0.25, -0.2) is 0 Å². The molecule has 1 atom stereocenters. The van der Waals surface area contributed by atoms with Crippen LogP contribution in [0.4, 0.5) is 0 Å². The van der Waals surface area contributed by atoms with Crippen LogP contribution in [0.1, 0.15) is 18.1 Å². The number of hydrogen-bond donors (Lipinski definition) is 1. The highest BCUT2D eigenvalue weighted by molar-refractivity contribution is 6.30. The van der Waals surface area contributed by atoms with Crippen LogP contribution < -0.4 is 10.1 Å². The summed E-state index contributed by atoms with van der Waals surface area (Å²) in [5, 5.41) is 3.48. The third kappa shape index (κ3) is 6.83. The van der Waals surface area contributed by atoms with Gasteiger partial charge in [-0.05, 0) is 48.4 Å². The van der Waals surface area contributed by atoms with Crippen molar-refractivity contribution < 1.29 is 14.3 Å². The number of rotatable bonds is 9. The first-order valence-electron chi connectivity index (χ1n) is 9.91. The lowest BCUT2D eigenvalue weighted by molar-refractivity contribution is -0.142. The fraction of sp³-hybridized carbons (Fsp3) is 0.208. The maximum atomic E-state index is 13.0. The van der Waals surface area contributed by atoms with E-state index in [1.165, 1.54) is 4.90 Å². The zero-order chi connectivity index (χ0) is 22.1. The minimum absolute atomic E-state index is 0.169. The molecule has 2 amide bonds. The molecule has 31 heavy (non-hydrogen) atoms. The van der Waals surface area contributed by atoms with Crippen molar-refractivity contribution in [3.05, 3.63) is 95.3 Å². The monoisotopic (exact) mass is 437 g/mol. The molecule has 0 saturated heterocycles. The molecule has 0 aliphatic rings. The minimum atomic E-state index is -0.695. The molecule has 6 nitrogen and oxygen atoms in total. The number of halogens is 1. The first-order valence-corrected chi connectivity index (χ1v) is 10.3. The second-order valence-electron chi connectivity index (χ2n) is 7.00. The Labute approximate surface area is 186 Å². The molecule has 0 unspecified atom stereocenters. The summed E-state index contributed by atoms with van der Waals surface area (Å²) in [5.74, 6) is 0.0460. The molecule has 7 heteroatoms. The maximum Gasteiger partial charge on any atom is 0.261 e. The highest BCUT2D eigenvalue weighted by atomic mass is 35.5. The Hall–Kier alpha value is -3.38. The summed E-state index contributed by atoms with van der Waals surface area (Å²) in [5.41, 5.74) is 1.75. The molecule has 0 bridgehead atoms. The molecule has 0 radical (unpaired) electrons. The fourth-order valence-electron chi connectivity index (χ4n) is 2.95. The van der Waals surface area contributed by atoms with Crippen molar-refractivity contribution in [2.75, 3.05) is 6.61 Å². The fourth-order valence-corrected chi connectivity index (χ4v) is 3.08. The Bertz CT molecular complexity index is 982. The third-order valence-electron chi connectivity index (χ3n) is 4.73. The van der Waals surface area contributed by atoms with Gasteiger partial charge in [0.05, 0.1) is 0 Å². The molecule has 3 rings (SSSR count). The van der Waals surface area contributed by atoms with Crippen LogP contribution in [-0.2, 0) is 22.7 Å². The molecule has 1 aromatic heterocycles. The van der Waals surface area contributed by atoms with E-state index in [4.69, 9.17) is 16.3 Å². The van der Waals surface area contributed by atoms with E-state index < -0.39 is 6.04 Å². The van der Waals surface area contributed by atoms with E-state index in [-0.39, 0.29) is 25.0 Å². The summed E-state index contributed by atoms with van der Waals surface area (Å²) in [7, 11) is 0. The molecular weight excluding hydrogens is 414 g/mol. The normalized spacial score (nSPS) is 11.4. The van der Waals surface area contributed by atoms with Gasteiger partial charge in [-0.3, -0.25) is 14.6 Å². The van der Waals surface area contributed by atoms with Gasteiger partial charge >= 0.3 is 0 Å². The number of ether oxygens (including phenoxy) is 1. The van der Waals surface area contributed by atoms with Crippen LogP contribution >= 0.6 is 11.6 Å². The van der Waals surface area contributed by atoms with Gasteiger partial charge in [-0.15, -0.1) is 0 Å². The predicted octanol–water partition coefficient (Wildman–Crippen LogP) is 3.85. The van der Waals surface area contributed by atoms with Crippen LogP contribution in [-0.4, -0.2) is 34.3 Å². The molecule has 3 aromatic rings. The van der Waals surface area contributed by atoms with E-state index in [0.29, 0.717) is 17.3 Å². The number of carbonyl (C=O) groups is 2. The van der Waals surface area contributed by atoms with Crippen LogP contribution in [0.15, 0.2) is 79.1 Å². The summed E-state index contributed by atoms with van der Waals surface area (Å²) >= 11 is 5.97. The molecule has 0 aliphatic carbocycles. The Morgan fingerprint density at radius 2 is 1.77 bits per heavy atom. The smallest absolute Gasteiger partial charge is 0.261 e.